The van der Waals surface area contributed by atoms with Gasteiger partial charge in [0, 0.05) is 46.7 Å². The third kappa shape index (κ3) is 1.91. The third-order valence-corrected chi connectivity index (χ3v) is 10.2. The van der Waals surface area contributed by atoms with E-state index in [1.807, 2.05) is 0 Å². The highest BCUT2D eigenvalue weighted by Gasteiger charge is 2.49. The lowest BCUT2D eigenvalue weighted by atomic mass is 9.86. The van der Waals surface area contributed by atoms with E-state index >= 15 is 0 Å². The standard InChI is InChI=1S/C24H24S2/c1-2-20-16-6-13-5-15(19(1)23(13)20)9-25-11-17-7-14-8-18(12-26-10-16)22-4-3-21(17)24(14)22/h1-8,13-14,19-24H,9-12H2. The van der Waals surface area contributed by atoms with Crippen molar-refractivity contribution >= 4 is 23.5 Å². The Labute approximate surface area is 164 Å². The van der Waals surface area contributed by atoms with Gasteiger partial charge in [0.15, 0.2) is 0 Å². The number of allylic oxidation sites excluding steroid dienone is 8. The molecular weight excluding hydrogens is 352 g/mol. The Morgan fingerprint density at radius 1 is 0.500 bits per heavy atom. The molecule has 2 heteroatoms. The van der Waals surface area contributed by atoms with Gasteiger partial charge in [0.25, 0.3) is 0 Å². The fourth-order valence-electron chi connectivity index (χ4n) is 7.00. The zero-order chi connectivity index (χ0) is 16.8. The maximum atomic E-state index is 2.64. The normalized spacial score (nSPS) is 49.2. The molecule has 0 saturated carbocycles. The first-order valence-electron chi connectivity index (χ1n) is 10.2. The molecule has 4 atom stereocenters. The molecule has 0 fully saturated rings. The quantitative estimate of drug-likeness (QED) is 0.527. The van der Waals surface area contributed by atoms with Gasteiger partial charge < -0.3 is 0 Å². The molecule has 26 heavy (non-hydrogen) atoms. The first kappa shape index (κ1) is 15.1. The summed E-state index contributed by atoms with van der Waals surface area (Å²) in [5.41, 5.74) is 6.89. The molecule has 0 saturated heterocycles. The third-order valence-electron chi connectivity index (χ3n) is 8.01. The van der Waals surface area contributed by atoms with Gasteiger partial charge in [-0.15, -0.1) is 0 Å². The van der Waals surface area contributed by atoms with Gasteiger partial charge in [-0.05, 0) is 23.7 Å². The fraction of sp³-hybridized carbons (Fsp3) is 0.500. The van der Waals surface area contributed by atoms with Crippen molar-refractivity contribution in [2.75, 3.05) is 23.0 Å². The van der Waals surface area contributed by atoms with Gasteiger partial charge in [-0.1, -0.05) is 70.9 Å². The summed E-state index contributed by atoms with van der Waals surface area (Å²) in [5.74, 6) is 11.0. The summed E-state index contributed by atoms with van der Waals surface area (Å²) < 4.78 is 0. The van der Waals surface area contributed by atoms with Crippen LogP contribution in [-0.4, -0.2) is 23.0 Å². The highest BCUT2D eigenvalue weighted by Crippen LogP contribution is 2.57. The van der Waals surface area contributed by atoms with Gasteiger partial charge in [-0.2, -0.15) is 23.5 Å². The Kier molecular flexibility index (Phi) is 3.11. The van der Waals surface area contributed by atoms with Crippen LogP contribution in [0.25, 0.3) is 0 Å². The second-order valence-electron chi connectivity index (χ2n) is 9.13. The van der Waals surface area contributed by atoms with Crippen LogP contribution in [0, 0.1) is 47.3 Å². The highest BCUT2D eigenvalue weighted by molar-refractivity contribution is 7.99. The van der Waals surface area contributed by atoms with E-state index in [0.29, 0.717) is 0 Å². The Morgan fingerprint density at radius 2 is 0.808 bits per heavy atom. The van der Waals surface area contributed by atoms with E-state index < -0.39 is 0 Å². The SMILES string of the molecule is C1=CC2C3=CC4C=C(CSCC5=CC6C=C(CSC3)C3C=CC5C63)C1C42. The average molecular weight is 377 g/mol. The number of fused-ring (bicyclic) bond motifs is 4. The average Bonchev–Trinajstić information content (AvgIpc) is 3.41. The predicted molar refractivity (Wildman–Crippen MR) is 113 cm³/mol. The summed E-state index contributed by atoms with van der Waals surface area (Å²) >= 11 is 4.34. The molecule has 2 aliphatic heterocycles. The molecule has 0 spiro atoms. The molecule has 8 rings (SSSR count). The monoisotopic (exact) mass is 376 g/mol. The maximum Gasteiger partial charge on any atom is 0.0152 e. The van der Waals surface area contributed by atoms with Crippen LogP contribution < -0.4 is 0 Å². The Bertz CT molecular complexity index is 731. The van der Waals surface area contributed by atoms with E-state index in [4.69, 9.17) is 0 Å². The molecule has 9 bridgehead atoms. The Morgan fingerprint density at radius 3 is 1.12 bits per heavy atom. The number of hydrogen-bond acceptors (Lipinski definition) is 2. The van der Waals surface area contributed by atoms with Crippen molar-refractivity contribution in [3.63, 3.8) is 0 Å². The second kappa shape index (κ2) is 5.35. The van der Waals surface area contributed by atoms with Crippen LogP contribution in [-0.2, 0) is 0 Å². The number of hydrogen-bond donors (Lipinski definition) is 0. The predicted octanol–water partition coefficient (Wildman–Crippen LogP) is 5.30. The van der Waals surface area contributed by atoms with Crippen molar-refractivity contribution in [3.05, 3.63) is 70.9 Å². The second-order valence-corrected chi connectivity index (χ2v) is 11.1. The molecule has 0 radical (unpaired) electrons. The minimum Gasteiger partial charge on any atom is -0.153 e. The lowest BCUT2D eigenvalue weighted by molar-refractivity contribution is 0.405. The smallest absolute Gasteiger partial charge is 0.0152 e. The van der Waals surface area contributed by atoms with Crippen molar-refractivity contribution in [1.82, 2.24) is 0 Å². The van der Waals surface area contributed by atoms with Gasteiger partial charge in [-0.25, -0.2) is 0 Å². The van der Waals surface area contributed by atoms with E-state index in [-0.39, 0.29) is 0 Å². The highest BCUT2D eigenvalue weighted by atomic mass is 32.2. The van der Waals surface area contributed by atoms with Gasteiger partial charge in [0.1, 0.15) is 0 Å². The van der Waals surface area contributed by atoms with E-state index in [1.165, 1.54) is 23.0 Å². The van der Waals surface area contributed by atoms with E-state index in [1.54, 1.807) is 22.3 Å². The first-order chi connectivity index (χ1) is 12.9. The van der Waals surface area contributed by atoms with Gasteiger partial charge >= 0.3 is 0 Å². The van der Waals surface area contributed by atoms with Crippen LogP contribution in [0.2, 0.25) is 0 Å². The summed E-state index contributed by atoms with van der Waals surface area (Å²) in [5, 5.41) is 0. The first-order valence-corrected chi connectivity index (χ1v) is 12.5. The maximum absolute atomic E-state index is 2.64. The van der Waals surface area contributed by atoms with Crippen LogP contribution >= 0.6 is 23.5 Å². The summed E-state index contributed by atoms with van der Waals surface area (Å²) in [6.07, 6.45) is 20.7. The molecule has 0 amide bonds. The van der Waals surface area contributed by atoms with Gasteiger partial charge in [-0.3, -0.25) is 0 Å². The van der Waals surface area contributed by atoms with Crippen molar-refractivity contribution in [2.24, 2.45) is 47.3 Å². The zero-order valence-corrected chi connectivity index (χ0v) is 16.5. The van der Waals surface area contributed by atoms with E-state index in [9.17, 15) is 0 Å². The Balaban J connectivity index is 1.24. The van der Waals surface area contributed by atoms with E-state index in [0.717, 1.165) is 47.3 Å². The molecule has 8 aliphatic rings. The van der Waals surface area contributed by atoms with Crippen molar-refractivity contribution < 1.29 is 0 Å². The van der Waals surface area contributed by atoms with Crippen molar-refractivity contribution in [2.45, 2.75) is 0 Å². The van der Waals surface area contributed by atoms with E-state index in [2.05, 4.69) is 72.1 Å². The minimum absolute atomic E-state index is 0.722. The largest absolute Gasteiger partial charge is 0.153 e. The lowest BCUT2D eigenvalue weighted by Crippen LogP contribution is -2.17. The molecular formula is C24H24S2. The molecule has 0 aromatic heterocycles. The molecule has 6 aliphatic carbocycles. The molecule has 4 unspecified atom stereocenters. The number of rotatable bonds is 0. The van der Waals surface area contributed by atoms with Crippen molar-refractivity contribution in [1.29, 1.82) is 0 Å². The summed E-state index contributed by atoms with van der Waals surface area (Å²) in [6, 6.07) is 0. The molecule has 0 N–H and O–H groups in total. The topological polar surface area (TPSA) is 0 Å². The molecule has 0 aromatic carbocycles. The van der Waals surface area contributed by atoms with Crippen LogP contribution in [0.3, 0.4) is 0 Å². The Hall–Kier alpha value is -0.860. The molecule has 2 heterocycles. The van der Waals surface area contributed by atoms with Crippen LogP contribution in [0.4, 0.5) is 0 Å². The van der Waals surface area contributed by atoms with Crippen LogP contribution in [0.1, 0.15) is 0 Å². The summed E-state index contributed by atoms with van der Waals surface area (Å²) in [7, 11) is 0. The van der Waals surface area contributed by atoms with Gasteiger partial charge in [0.2, 0.25) is 0 Å². The fourth-order valence-corrected chi connectivity index (χ4v) is 9.31. The lowest BCUT2D eigenvalue weighted by Gasteiger charge is -2.22. The zero-order valence-electron chi connectivity index (χ0n) is 14.9. The summed E-state index contributed by atoms with van der Waals surface area (Å²) in [4.78, 5) is 0. The molecule has 0 nitrogen and oxygen atoms in total. The van der Waals surface area contributed by atoms with Crippen molar-refractivity contribution in [3.8, 4) is 0 Å². The molecule has 0 aromatic rings. The number of thioether (sulfide) groups is 2. The van der Waals surface area contributed by atoms with Crippen LogP contribution in [0.5, 0.6) is 0 Å². The minimum atomic E-state index is 0.722. The summed E-state index contributed by atoms with van der Waals surface area (Å²) in [6.45, 7) is 0. The molecule has 132 valence electrons. The van der Waals surface area contributed by atoms with Gasteiger partial charge in [0.05, 0.1) is 0 Å². The van der Waals surface area contributed by atoms with Crippen LogP contribution in [0.15, 0.2) is 70.9 Å².